The SMILES string of the molecule is CCOc1ccc(Oc2cc(CNC(=NC)NC3CCC(SC)C3)ccn2)cc1.I. The largest absolute Gasteiger partial charge is 0.494 e. The summed E-state index contributed by atoms with van der Waals surface area (Å²) in [5.41, 5.74) is 1.08. The predicted molar refractivity (Wildman–Crippen MR) is 136 cm³/mol. The fourth-order valence-electron chi connectivity index (χ4n) is 3.37. The Morgan fingerprint density at radius 3 is 2.63 bits per heavy atom. The van der Waals surface area contributed by atoms with Gasteiger partial charge in [0.25, 0.3) is 0 Å². The summed E-state index contributed by atoms with van der Waals surface area (Å²) in [7, 11) is 1.81. The van der Waals surface area contributed by atoms with E-state index in [1.165, 1.54) is 19.3 Å². The number of hydrogen-bond donors (Lipinski definition) is 2. The van der Waals surface area contributed by atoms with Gasteiger partial charge in [0.2, 0.25) is 5.88 Å². The van der Waals surface area contributed by atoms with Gasteiger partial charge in [-0.25, -0.2) is 4.98 Å². The minimum atomic E-state index is 0. The molecule has 2 N–H and O–H groups in total. The first kappa shape index (κ1) is 24.6. The van der Waals surface area contributed by atoms with Crippen molar-refractivity contribution in [2.24, 2.45) is 4.99 Å². The van der Waals surface area contributed by atoms with Crippen LogP contribution in [0.3, 0.4) is 0 Å². The Bertz CT molecular complexity index is 804. The van der Waals surface area contributed by atoms with Crippen molar-refractivity contribution in [1.29, 1.82) is 0 Å². The lowest BCUT2D eigenvalue weighted by molar-refractivity contribution is 0.339. The summed E-state index contributed by atoms with van der Waals surface area (Å²) < 4.78 is 11.3. The summed E-state index contributed by atoms with van der Waals surface area (Å²) in [6, 6.07) is 12.0. The highest BCUT2D eigenvalue weighted by atomic mass is 127. The van der Waals surface area contributed by atoms with Crippen LogP contribution in [0.2, 0.25) is 0 Å². The molecule has 2 unspecified atom stereocenters. The Labute approximate surface area is 200 Å². The predicted octanol–water partition coefficient (Wildman–Crippen LogP) is 4.84. The van der Waals surface area contributed by atoms with Crippen molar-refractivity contribution in [2.75, 3.05) is 19.9 Å². The van der Waals surface area contributed by atoms with Gasteiger partial charge in [0.1, 0.15) is 11.5 Å². The molecular weight excluding hydrogens is 511 g/mol. The van der Waals surface area contributed by atoms with Gasteiger partial charge < -0.3 is 20.1 Å². The highest BCUT2D eigenvalue weighted by Gasteiger charge is 2.24. The number of hydrogen-bond acceptors (Lipinski definition) is 5. The summed E-state index contributed by atoms with van der Waals surface area (Å²) in [5.74, 6) is 2.96. The molecule has 8 heteroatoms. The van der Waals surface area contributed by atoms with Crippen LogP contribution in [-0.2, 0) is 6.54 Å². The molecule has 1 aliphatic carbocycles. The van der Waals surface area contributed by atoms with Gasteiger partial charge in [-0.15, -0.1) is 24.0 Å². The van der Waals surface area contributed by atoms with Crippen LogP contribution in [0.15, 0.2) is 47.6 Å². The van der Waals surface area contributed by atoms with E-state index in [-0.39, 0.29) is 24.0 Å². The van der Waals surface area contributed by atoms with E-state index in [0.29, 0.717) is 25.1 Å². The van der Waals surface area contributed by atoms with E-state index < -0.39 is 0 Å². The Morgan fingerprint density at radius 1 is 1.20 bits per heavy atom. The van der Waals surface area contributed by atoms with Crippen molar-refractivity contribution in [3.63, 3.8) is 0 Å². The van der Waals surface area contributed by atoms with E-state index in [4.69, 9.17) is 9.47 Å². The summed E-state index contributed by atoms with van der Waals surface area (Å²) >= 11 is 1.96. The second kappa shape index (κ2) is 12.9. The van der Waals surface area contributed by atoms with Crippen LogP contribution in [0.25, 0.3) is 0 Å². The lowest BCUT2D eigenvalue weighted by Gasteiger charge is -2.17. The van der Waals surface area contributed by atoms with E-state index in [2.05, 4.69) is 26.9 Å². The molecule has 30 heavy (non-hydrogen) atoms. The lowest BCUT2D eigenvalue weighted by atomic mass is 10.2. The number of aliphatic imine (C=N–C) groups is 1. The van der Waals surface area contributed by atoms with E-state index in [0.717, 1.165) is 28.3 Å². The number of ether oxygens (including phenoxy) is 2. The molecule has 0 amide bonds. The maximum atomic E-state index is 5.87. The number of guanidine groups is 1. The van der Waals surface area contributed by atoms with Crippen LogP contribution in [0.5, 0.6) is 17.4 Å². The number of nitrogens with one attached hydrogen (secondary N) is 2. The first-order chi connectivity index (χ1) is 14.2. The molecule has 6 nitrogen and oxygen atoms in total. The number of aromatic nitrogens is 1. The van der Waals surface area contributed by atoms with Crippen LogP contribution in [0.1, 0.15) is 31.7 Å². The molecule has 0 bridgehead atoms. The quantitative estimate of drug-likeness (QED) is 0.283. The number of rotatable bonds is 8. The zero-order valence-electron chi connectivity index (χ0n) is 17.8. The molecule has 1 heterocycles. The van der Waals surface area contributed by atoms with Gasteiger partial charge >= 0.3 is 0 Å². The van der Waals surface area contributed by atoms with Crippen LogP contribution >= 0.6 is 35.7 Å². The van der Waals surface area contributed by atoms with Crippen molar-refractivity contribution < 1.29 is 9.47 Å². The Kier molecular flexibility index (Phi) is 10.6. The van der Waals surface area contributed by atoms with Gasteiger partial charge in [-0.1, -0.05) is 0 Å². The van der Waals surface area contributed by atoms with Crippen molar-refractivity contribution in [1.82, 2.24) is 15.6 Å². The minimum absolute atomic E-state index is 0. The normalized spacial score (nSPS) is 18.4. The standard InChI is InChI=1S/C22H30N4O2S.HI/c1-4-27-18-6-8-19(9-7-18)28-21-13-16(11-12-24-21)15-25-22(23-2)26-17-5-10-20(14-17)29-3;/h6-9,11-13,17,20H,4-5,10,14-15H2,1-3H3,(H2,23,25,26);1H. The van der Waals surface area contributed by atoms with E-state index in [1.54, 1.807) is 6.20 Å². The van der Waals surface area contributed by atoms with E-state index in [9.17, 15) is 0 Å². The third-order valence-corrected chi connectivity index (χ3v) is 5.99. The summed E-state index contributed by atoms with van der Waals surface area (Å²) in [6.07, 6.45) is 7.61. The summed E-state index contributed by atoms with van der Waals surface area (Å²) in [6.45, 7) is 3.26. The molecule has 0 aliphatic heterocycles. The molecular formula is C22H31IN4O2S. The monoisotopic (exact) mass is 542 g/mol. The van der Waals surface area contributed by atoms with Crippen molar-refractivity contribution in [2.45, 2.75) is 44.0 Å². The molecule has 0 saturated heterocycles. The van der Waals surface area contributed by atoms with Gasteiger partial charge in [-0.3, -0.25) is 4.99 Å². The van der Waals surface area contributed by atoms with Crippen LogP contribution in [0, 0.1) is 0 Å². The molecule has 2 atom stereocenters. The molecule has 1 aromatic carbocycles. The smallest absolute Gasteiger partial charge is 0.219 e. The lowest BCUT2D eigenvalue weighted by Crippen LogP contribution is -2.42. The number of thioether (sulfide) groups is 1. The molecule has 164 valence electrons. The van der Waals surface area contributed by atoms with E-state index in [1.807, 2.05) is 62.1 Å². The van der Waals surface area contributed by atoms with Crippen molar-refractivity contribution in [3.8, 4) is 17.4 Å². The topological polar surface area (TPSA) is 67.8 Å². The van der Waals surface area contributed by atoms with Crippen molar-refractivity contribution >= 4 is 41.7 Å². The van der Waals surface area contributed by atoms with Crippen LogP contribution in [0.4, 0.5) is 0 Å². The second-order valence-corrected chi connectivity index (χ2v) is 8.08. The molecule has 1 saturated carbocycles. The zero-order valence-corrected chi connectivity index (χ0v) is 20.9. The summed E-state index contributed by atoms with van der Waals surface area (Å²) in [4.78, 5) is 8.67. The fraction of sp³-hybridized carbons (Fsp3) is 0.455. The second-order valence-electron chi connectivity index (χ2n) is 6.95. The average Bonchev–Trinajstić information content (AvgIpc) is 3.21. The Morgan fingerprint density at radius 2 is 1.97 bits per heavy atom. The van der Waals surface area contributed by atoms with Gasteiger partial charge in [0.05, 0.1) is 6.61 Å². The van der Waals surface area contributed by atoms with Crippen molar-refractivity contribution in [3.05, 3.63) is 48.2 Å². The number of nitrogens with zero attached hydrogens (tertiary/aromatic N) is 2. The molecule has 1 fully saturated rings. The van der Waals surface area contributed by atoms with Crippen LogP contribution in [-0.4, -0.2) is 42.1 Å². The van der Waals surface area contributed by atoms with E-state index >= 15 is 0 Å². The zero-order chi connectivity index (χ0) is 20.5. The highest BCUT2D eigenvalue weighted by Crippen LogP contribution is 2.28. The summed E-state index contributed by atoms with van der Waals surface area (Å²) in [5, 5.41) is 7.68. The third kappa shape index (κ3) is 7.54. The van der Waals surface area contributed by atoms with Gasteiger partial charge in [-0.2, -0.15) is 11.8 Å². The van der Waals surface area contributed by atoms with Gasteiger partial charge in [-0.05, 0) is 68.3 Å². The maximum Gasteiger partial charge on any atom is 0.219 e. The molecule has 0 radical (unpaired) electrons. The molecule has 1 aliphatic rings. The molecule has 1 aromatic heterocycles. The minimum Gasteiger partial charge on any atom is -0.494 e. The number of benzene rings is 1. The first-order valence-corrected chi connectivity index (χ1v) is 11.3. The maximum absolute atomic E-state index is 5.87. The highest BCUT2D eigenvalue weighted by molar-refractivity contribution is 14.0. The number of pyridine rings is 1. The van der Waals surface area contributed by atoms with Crippen LogP contribution < -0.4 is 20.1 Å². The Hall–Kier alpha value is -1.68. The average molecular weight is 542 g/mol. The molecule has 3 rings (SSSR count). The fourth-order valence-corrected chi connectivity index (χ4v) is 4.16. The third-order valence-electron chi connectivity index (χ3n) is 4.90. The Balaban J connectivity index is 0.00000320. The molecule has 0 spiro atoms. The number of halogens is 1. The molecule has 2 aromatic rings. The first-order valence-electron chi connectivity index (χ1n) is 10.1. The van der Waals surface area contributed by atoms with Gasteiger partial charge in [0, 0.05) is 37.1 Å². The van der Waals surface area contributed by atoms with Gasteiger partial charge in [0.15, 0.2) is 5.96 Å².